The highest BCUT2D eigenvalue weighted by Gasteiger charge is 2.18. The van der Waals surface area contributed by atoms with Crippen molar-refractivity contribution in [2.75, 3.05) is 7.11 Å². The minimum atomic E-state index is -0.428. The van der Waals surface area contributed by atoms with E-state index in [4.69, 9.17) is 10.5 Å². The first-order valence-electron chi connectivity index (χ1n) is 5.13. The van der Waals surface area contributed by atoms with E-state index in [0.717, 1.165) is 10.9 Å². The van der Waals surface area contributed by atoms with Gasteiger partial charge in [0.25, 0.3) is 0 Å². The molecule has 0 aliphatic rings. The number of aromatic nitrogens is 1. The van der Waals surface area contributed by atoms with Gasteiger partial charge in [0.15, 0.2) is 0 Å². The van der Waals surface area contributed by atoms with Gasteiger partial charge in [-0.1, -0.05) is 18.2 Å². The lowest BCUT2D eigenvalue weighted by molar-refractivity contribution is 0.0604. The SMILES string of the molecule is COC(=O)c1c(/N=C(/C)N)[nH]c2ccccc12. The highest BCUT2D eigenvalue weighted by atomic mass is 16.5. The van der Waals surface area contributed by atoms with Gasteiger partial charge in [-0.3, -0.25) is 0 Å². The van der Waals surface area contributed by atoms with Crippen molar-refractivity contribution in [3.05, 3.63) is 29.8 Å². The smallest absolute Gasteiger partial charge is 0.342 e. The van der Waals surface area contributed by atoms with E-state index in [0.29, 0.717) is 17.2 Å². The normalized spacial score (nSPS) is 11.8. The van der Waals surface area contributed by atoms with Gasteiger partial charge in [0.05, 0.1) is 12.9 Å². The predicted octanol–water partition coefficient (Wildman–Crippen LogP) is 1.96. The van der Waals surface area contributed by atoms with E-state index >= 15 is 0 Å². The van der Waals surface area contributed by atoms with Crippen LogP contribution in [0.25, 0.3) is 10.9 Å². The molecule has 0 amide bonds. The quantitative estimate of drug-likeness (QED) is 0.471. The average molecular weight is 231 g/mol. The number of hydrogen-bond acceptors (Lipinski definition) is 3. The third-order valence-corrected chi connectivity index (χ3v) is 2.36. The molecule has 1 aromatic heterocycles. The first-order chi connectivity index (χ1) is 8.13. The Bertz CT molecular complexity index is 595. The lowest BCUT2D eigenvalue weighted by Crippen LogP contribution is -2.06. The van der Waals surface area contributed by atoms with Crippen LogP contribution < -0.4 is 5.73 Å². The molecular weight excluding hydrogens is 218 g/mol. The van der Waals surface area contributed by atoms with E-state index in [1.807, 2.05) is 24.3 Å². The van der Waals surface area contributed by atoms with Crippen molar-refractivity contribution in [3.8, 4) is 0 Å². The largest absolute Gasteiger partial charge is 0.465 e. The number of hydrogen-bond donors (Lipinski definition) is 2. The van der Waals surface area contributed by atoms with Gasteiger partial charge in [0.1, 0.15) is 11.4 Å². The van der Waals surface area contributed by atoms with Gasteiger partial charge in [-0.05, 0) is 13.0 Å². The van der Waals surface area contributed by atoms with Crippen molar-refractivity contribution in [2.45, 2.75) is 6.92 Å². The number of rotatable bonds is 2. The van der Waals surface area contributed by atoms with Crippen LogP contribution in [0.1, 0.15) is 17.3 Å². The van der Waals surface area contributed by atoms with Crippen LogP contribution in [0.5, 0.6) is 0 Å². The third kappa shape index (κ3) is 1.99. The fourth-order valence-electron chi connectivity index (χ4n) is 1.70. The van der Waals surface area contributed by atoms with Crippen molar-refractivity contribution in [1.29, 1.82) is 0 Å². The molecule has 17 heavy (non-hydrogen) atoms. The van der Waals surface area contributed by atoms with E-state index < -0.39 is 5.97 Å². The zero-order valence-electron chi connectivity index (χ0n) is 9.65. The molecule has 1 aromatic carbocycles. The number of esters is 1. The lowest BCUT2D eigenvalue weighted by Gasteiger charge is -1.98. The maximum absolute atomic E-state index is 11.7. The van der Waals surface area contributed by atoms with Crippen molar-refractivity contribution in [3.63, 3.8) is 0 Å². The molecule has 1 heterocycles. The Morgan fingerprint density at radius 3 is 2.76 bits per heavy atom. The van der Waals surface area contributed by atoms with Crippen LogP contribution in [0, 0.1) is 0 Å². The molecule has 88 valence electrons. The van der Waals surface area contributed by atoms with Crippen LogP contribution in [0.2, 0.25) is 0 Å². The van der Waals surface area contributed by atoms with Crippen LogP contribution in [0.4, 0.5) is 5.82 Å². The van der Waals surface area contributed by atoms with Gasteiger partial charge in [-0.15, -0.1) is 0 Å². The molecule has 0 atom stereocenters. The summed E-state index contributed by atoms with van der Waals surface area (Å²) in [6.07, 6.45) is 0. The Labute approximate surface area is 98.3 Å². The molecular formula is C12H13N3O2. The Morgan fingerprint density at radius 2 is 2.12 bits per heavy atom. The number of nitrogens with zero attached hydrogens (tertiary/aromatic N) is 1. The monoisotopic (exact) mass is 231 g/mol. The minimum absolute atomic E-state index is 0.377. The van der Waals surface area contributed by atoms with Gasteiger partial charge < -0.3 is 15.5 Å². The topological polar surface area (TPSA) is 80.5 Å². The van der Waals surface area contributed by atoms with Crippen molar-refractivity contribution in [2.24, 2.45) is 10.7 Å². The fourth-order valence-corrected chi connectivity index (χ4v) is 1.70. The summed E-state index contributed by atoms with van der Waals surface area (Å²) in [6.45, 7) is 1.66. The number of ether oxygens (including phenoxy) is 1. The fraction of sp³-hybridized carbons (Fsp3) is 0.167. The van der Waals surface area contributed by atoms with E-state index in [-0.39, 0.29) is 0 Å². The lowest BCUT2D eigenvalue weighted by atomic mass is 10.1. The molecule has 0 fully saturated rings. The predicted molar refractivity (Wildman–Crippen MR) is 66.6 cm³/mol. The Kier molecular flexibility index (Phi) is 2.82. The Morgan fingerprint density at radius 1 is 1.41 bits per heavy atom. The summed E-state index contributed by atoms with van der Waals surface area (Å²) in [4.78, 5) is 18.9. The molecule has 5 heteroatoms. The highest BCUT2D eigenvalue weighted by Crippen LogP contribution is 2.28. The molecule has 0 unspecified atom stereocenters. The molecule has 0 saturated heterocycles. The minimum Gasteiger partial charge on any atom is -0.465 e. The summed E-state index contributed by atoms with van der Waals surface area (Å²) in [6, 6.07) is 7.43. The van der Waals surface area contributed by atoms with Gasteiger partial charge in [-0.2, -0.15) is 0 Å². The summed E-state index contributed by atoms with van der Waals surface area (Å²) < 4.78 is 4.76. The number of benzene rings is 1. The highest BCUT2D eigenvalue weighted by molar-refractivity contribution is 6.09. The van der Waals surface area contributed by atoms with Crippen molar-refractivity contribution >= 4 is 28.5 Å². The van der Waals surface area contributed by atoms with Crippen molar-refractivity contribution in [1.82, 2.24) is 4.98 Å². The van der Waals surface area contributed by atoms with Gasteiger partial charge in [0, 0.05) is 10.9 Å². The van der Waals surface area contributed by atoms with Crippen LogP contribution in [-0.2, 0) is 4.74 Å². The van der Waals surface area contributed by atoms with E-state index in [9.17, 15) is 4.79 Å². The first-order valence-corrected chi connectivity index (χ1v) is 5.13. The second-order valence-electron chi connectivity index (χ2n) is 3.64. The van der Waals surface area contributed by atoms with E-state index in [1.54, 1.807) is 6.92 Å². The van der Waals surface area contributed by atoms with Crippen LogP contribution in [-0.4, -0.2) is 23.9 Å². The van der Waals surface area contributed by atoms with Crippen LogP contribution in [0.3, 0.4) is 0 Å². The number of nitrogens with two attached hydrogens (primary N) is 1. The standard InChI is InChI=1S/C12H13N3O2/c1-7(13)14-11-10(12(16)17-2)8-5-3-4-6-9(8)15-11/h3-6,15H,1-2H3,(H2,13,14). The third-order valence-electron chi connectivity index (χ3n) is 2.36. The molecule has 0 saturated carbocycles. The summed E-state index contributed by atoms with van der Waals surface area (Å²) in [5.74, 6) is 0.377. The number of amidine groups is 1. The summed E-state index contributed by atoms with van der Waals surface area (Å²) >= 11 is 0. The summed E-state index contributed by atoms with van der Waals surface area (Å²) in [7, 11) is 1.34. The number of methoxy groups -OCH3 is 1. The number of carbonyl (C=O) groups excluding carboxylic acids is 1. The molecule has 0 radical (unpaired) electrons. The first kappa shape index (κ1) is 11.2. The van der Waals surface area contributed by atoms with Gasteiger partial charge in [0.2, 0.25) is 0 Å². The molecule has 0 spiro atoms. The van der Waals surface area contributed by atoms with Gasteiger partial charge in [-0.25, -0.2) is 9.79 Å². The molecule has 0 aliphatic heterocycles. The summed E-state index contributed by atoms with van der Waals surface area (Å²) in [5.41, 5.74) is 6.77. The van der Waals surface area contributed by atoms with Crippen LogP contribution >= 0.6 is 0 Å². The van der Waals surface area contributed by atoms with E-state index in [2.05, 4.69) is 9.98 Å². The number of carbonyl (C=O) groups is 1. The molecule has 5 nitrogen and oxygen atoms in total. The second-order valence-corrected chi connectivity index (χ2v) is 3.64. The number of para-hydroxylation sites is 1. The summed E-state index contributed by atoms with van der Waals surface area (Å²) in [5, 5.41) is 0.777. The number of aromatic amines is 1. The average Bonchev–Trinajstić information content (AvgIpc) is 2.65. The van der Waals surface area contributed by atoms with Crippen LogP contribution in [0.15, 0.2) is 29.3 Å². The molecule has 2 aromatic rings. The number of H-pyrrole nitrogens is 1. The zero-order chi connectivity index (χ0) is 12.4. The maximum atomic E-state index is 11.7. The number of nitrogens with one attached hydrogen (secondary N) is 1. The Balaban J connectivity index is 2.74. The molecule has 2 rings (SSSR count). The second kappa shape index (κ2) is 4.29. The molecule has 0 bridgehead atoms. The van der Waals surface area contributed by atoms with E-state index in [1.165, 1.54) is 7.11 Å². The Hall–Kier alpha value is -2.30. The molecule has 3 N–H and O–H groups in total. The maximum Gasteiger partial charge on any atom is 0.342 e. The number of aliphatic imine (C=N–C) groups is 1. The van der Waals surface area contributed by atoms with Gasteiger partial charge >= 0.3 is 5.97 Å². The molecule has 0 aliphatic carbocycles. The van der Waals surface area contributed by atoms with Crippen molar-refractivity contribution < 1.29 is 9.53 Å². The zero-order valence-corrected chi connectivity index (χ0v) is 9.65. The number of fused-ring (bicyclic) bond motifs is 1.